The number of carbonyl (C=O) groups excluding carboxylic acids is 2. The zero-order valence-corrected chi connectivity index (χ0v) is 18.6. The number of rotatable bonds is 4. The minimum absolute atomic E-state index is 0.0635. The molecule has 1 aromatic rings. The third-order valence-electron chi connectivity index (χ3n) is 5.64. The third-order valence-corrected chi connectivity index (χ3v) is 5.64. The Morgan fingerprint density at radius 3 is 1.97 bits per heavy atom. The first-order chi connectivity index (χ1) is 14.2. The smallest absolute Gasteiger partial charge is 0.410 e. The fraction of sp³-hybridized carbons (Fsp3) is 0.652. The van der Waals surface area contributed by atoms with E-state index in [2.05, 4.69) is 10.2 Å². The SMILES string of the molecule is CNC(=O)c1ccc(N2CCC(OC3CCN(C(=O)OC(C)(C)C)CC3)CC2)cc1. The van der Waals surface area contributed by atoms with Crippen LogP contribution in [0.4, 0.5) is 10.5 Å². The molecule has 2 saturated heterocycles. The molecule has 1 N–H and O–H groups in total. The highest BCUT2D eigenvalue weighted by atomic mass is 16.6. The van der Waals surface area contributed by atoms with E-state index in [1.165, 1.54) is 0 Å². The average molecular weight is 418 g/mol. The summed E-state index contributed by atoms with van der Waals surface area (Å²) in [6, 6.07) is 7.76. The van der Waals surface area contributed by atoms with Crippen molar-refractivity contribution in [3.05, 3.63) is 29.8 Å². The predicted octanol–water partition coefficient (Wildman–Crippen LogP) is 3.43. The van der Waals surface area contributed by atoms with Crippen LogP contribution in [0.2, 0.25) is 0 Å². The van der Waals surface area contributed by atoms with Gasteiger partial charge in [0.2, 0.25) is 0 Å². The van der Waals surface area contributed by atoms with Gasteiger partial charge in [0.25, 0.3) is 5.91 Å². The van der Waals surface area contributed by atoms with Crippen LogP contribution in [-0.2, 0) is 9.47 Å². The van der Waals surface area contributed by atoms with Crippen LogP contribution in [-0.4, -0.2) is 67.9 Å². The highest BCUT2D eigenvalue weighted by Gasteiger charge is 2.29. The molecule has 166 valence electrons. The maximum atomic E-state index is 12.2. The van der Waals surface area contributed by atoms with Gasteiger partial charge in [-0.25, -0.2) is 4.79 Å². The number of likely N-dealkylation sites (tertiary alicyclic amines) is 1. The van der Waals surface area contributed by atoms with Crippen molar-refractivity contribution in [2.24, 2.45) is 0 Å². The molecule has 0 unspecified atom stereocenters. The zero-order chi connectivity index (χ0) is 21.7. The first-order valence-corrected chi connectivity index (χ1v) is 11.0. The van der Waals surface area contributed by atoms with Crippen molar-refractivity contribution in [3.63, 3.8) is 0 Å². The lowest BCUT2D eigenvalue weighted by atomic mass is 10.0. The van der Waals surface area contributed by atoms with Gasteiger partial charge in [0, 0.05) is 44.5 Å². The number of piperidine rings is 2. The van der Waals surface area contributed by atoms with Gasteiger partial charge in [-0.3, -0.25) is 4.79 Å². The van der Waals surface area contributed by atoms with Crippen molar-refractivity contribution in [2.75, 3.05) is 38.1 Å². The highest BCUT2D eigenvalue weighted by molar-refractivity contribution is 5.94. The second-order valence-corrected chi connectivity index (χ2v) is 9.12. The van der Waals surface area contributed by atoms with Crippen LogP contribution in [0, 0.1) is 0 Å². The molecule has 1 aromatic carbocycles. The molecule has 0 aliphatic carbocycles. The number of nitrogens with zero attached hydrogens (tertiary/aromatic N) is 2. The number of carbonyl (C=O) groups is 2. The molecule has 3 rings (SSSR count). The molecule has 2 aliphatic rings. The van der Waals surface area contributed by atoms with E-state index in [-0.39, 0.29) is 24.2 Å². The number of benzene rings is 1. The van der Waals surface area contributed by atoms with Crippen molar-refractivity contribution in [1.82, 2.24) is 10.2 Å². The Kier molecular flexibility index (Phi) is 7.23. The van der Waals surface area contributed by atoms with Crippen LogP contribution in [0.25, 0.3) is 0 Å². The van der Waals surface area contributed by atoms with Crippen LogP contribution in [0.3, 0.4) is 0 Å². The van der Waals surface area contributed by atoms with Gasteiger partial charge in [0.1, 0.15) is 5.60 Å². The van der Waals surface area contributed by atoms with Crippen LogP contribution < -0.4 is 10.2 Å². The standard InChI is InChI=1S/C23H35N3O4/c1-23(2,3)30-22(28)26-15-11-20(12-16-26)29-19-9-13-25(14-10-19)18-7-5-17(6-8-18)21(27)24-4/h5-8,19-20H,9-16H2,1-4H3,(H,24,27). The summed E-state index contributed by atoms with van der Waals surface area (Å²) in [6.45, 7) is 8.95. The highest BCUT2D eigenvalue weighted by Crippen LogP contribution is 2.25. The quantitative estimate of drug-likeness (QED) is 0.813. The second-order valence-electron chi connectivity index (χ2n) is 9.12. The van der Waals surface area contributed by atoms with E-state index >= 15 is 0 Å². The number of anilines is 1. The number of ether oxygens (including phenoxy) is 2. The first-order valence-electron chi connectivity index (χ1n) is 11.0. The summed E-state index contributed by atoms with van der Waals surface area (Å²) in [6.07, 6.45) is 3.96. The number of nitrogens with one attached hydrogen (secondary N) is 1. The van der Waals surface area contributed by atoms with E-state index in [9.17, 15) is 9.59 Å². The van der Waals surface area contributed by atoms with Gasteiger partial charge >= 0.3 is 6.09 Å². The zero-order valence-electron chi connectivity index (χ0n) is 18.6. The van der Waals surface area contributed by atoms with E-state index in [0.29, 0.717) is 18.7 Å². The fourth-order valence-corrected chi connectivity index (χ4v) is 3.99. The topological polar surface area (TPSA) is 71.1 Å². The van der Waals surface area contributed by atoms with E-state index in [0.717, 1.165) is 44.5 Å². The first kappa shape index (κ1) is 22.4. The van der Waals surface area contributed by atoms with Crippen molar-refractivity contribution >= 4 is 17.7 Å². The molecule has 7 nitrogen and oxygen atoms in total. The Morgan fingerprint density at radius 1 is 0.933 bits per heavy atom. The summed E-state index contributed by atoms with van der Waals surface area (Å²) >= 11 is 0. The van der Waals surface area contributed by atoms with Crippen molar-refractivity contribution in [1.29, 1.82) is 0 Å². The molecule has 7 heteroatoms. The molecular weight excluding hydrogens is 382 g/mol. The molecule has 0 radical (unpaired) electrons. The summed E-state index contributed by atoms with van der Waals surface area (Å²) in [5.74, 6) is -0.0635. The Bertz CT molecular complexity index is 713. The van der Waals surface area contributed by atoms with Crippen LogP contribution in [0.15, 0.2) is 24.3 Å². The minimum atomic E-state index is -0.457. The van der Waals surface area contributed by atoms with Gasteiger partial charge in [-0.05, 0) is 70.7 Å². The second kappa shape index (κ2) is 9.69. The van der Waals surface area contributed by atoms with E-state index in [1.54, 1.807) is 11.9 Å². The predicted molar refractivity (Wildman–Crippen MR) is 117 cm³/mol. The Hall–Kier alpha value is -2.28. The molecule has 2 aliphatic heterocycles. The fourth-order valence-electron chi connectivity index (χ4n) is 3.99. The number of hydrogen-bond acceptors (Lipinski definition) is 5. The van der Waals surface area contributed by atoms with Gasteiger partial charge in [0.05, 0.1) is 12.2 Å². The molecule has 0 aromatic heterocycles. The molecule has 2 fully saturated rings. The van der Waals surface area contributed by atoms with Gasteiger partial charge < -0.3 is 24.6 Å². The lowest BCUT2D eigenvalue weighted by molar-refractivity contribution is -0.0535. The Balaban J connectivity index is 1.40. The molecule has 2 amide bonds. The molecule has 30 heavy (non-hydrogen) atoms. The average Bonchev–Trinajstić information content (AvgIpc) is 2.73. The van der Waals surface area contributed by atoms with Crippen molar-refractivity contribution in [3.8, 4) is 0 Å². The van der Waals surface area contributed by atoms with Crippen molar-refractivity contribution in [2.45, 2.75) is 64.3 Å². The Morgan fingerprint density at radius 2 is 1.47 bits per heavy atom. The summed E-state index contributed by atoms with van der Waals surface area (Å²) in [7, 11) is 1.64. The number of hydrogen-bond donors (Lipinski definition) is 1. The molecule has 2 heterocycles. The lowest BCUT2D eigenvalue weighted by Gasteiger charge is -2.38. The molecule has 0 bridgehead atoms. The maximum Gasteiger partial charge on any atom is 0.410 e. The summed E-state index contributed by atoms with van der Waals surface area (Å²) in [5, 5.41) is 2.65. The largest absolute Gasteiger partial charge is 0.444 e. The van der Waals surface area contributed by atoms with Crippen molar-refractivity contribution < 1.29 is 19.1 Å². The molecule has 0 spiro atoms. The lowest BCUT2D eigenvalue weighted by Crippen LogP contribution is -2.45. The molecular formula is C23H35N3O4. The van der Waals surface area contributed by atoms with Crippen LogP contribution in [0.5, 0.6) is 0 Å². The van der Waals surface area contributed by atoms with Gasteiger partial charge in [-0.2, -0.15) is 0 Å². The monoisotopic (exact) mass is 417 g/mol. The summed E-state index contributed by atoms with van der Waals surface area (Å²) in [5.41, 5.74) is 1.37. The summed E-state index contributed by atoms with van der Waals surface area (Å²) in [4.78, 5) is 28.0. The van der Waals surface area contributed by atoms with E-state index in [4.69, 9.17) is 9.47 Å². The molecule has 0 saturated carbocycles. The summed E-state index contributed by atoms with van der Waals surface area (Å²) < 4.78 is 11.8. The normalized spacial score (nSPS) is 18.9. The van der Waals surface area contributed by atoms with Gasteiger partial charge in [0.15, 0.2) is 0 Å². The molecule has 0 atom stereocenters. The van der Waals surface area contributed by atoms with E-state index in [1.807, 2.05) is 45.0 Å². The van der Waals surface area contributed by atoms with Gasteiger partial charge in [-0.1, -0.05) is 0 Å². The third kappa shape index (κ3) is 6.11. The Labute approximate surface area is 179 Å². The number of amides is 2. The van der Waals surface area contributed by atoms with Crippen LogP contribution >= 0.6 is 0 Å². The van der Waals surface area contributed by atoms with Gasteiger partial charge in [-0.15, -0.1) is 0 Å². The van der Waals surface area contributed by atoms with E-state index < -0.39 is 5.60 Å². The minimum Gasteiger partial charge on any atom is -0.444 e. The maximum absolute atomic E-state index is 12.2. The van der Waals surface area contributed by atoms with Crippen LogP contribution in [0.1, 0.15) is 56.8 Å².